The molecule has 6 heteroatoms. The summed E-state index contributed by atoms with van der Waals surface area (Å²) >= 11 is 0. The van der Waals surface area contributed by atoms with E-state index in [9.17, 15) is 13.5 Å². The minimum atomic E-state index is -3.45. The highest BCUT2D eigenvalue weighted by Gasteiger charge is 2.08. The lowest BCUT2D eigenvalue weighted by Gasteiger charge is -2.03. The molecule has 0 amide bonds. The van der Waals surface area contributed by atoms with Crippen molar-refractivity contribution in [3.8, 4) is 5.75 Å². The molecule has 0 saturated carbocycles. The zero-order valence-electron chi connectivity index (χ0n) is 12.6. The van der Waals surface area contributed by atoms with E-state index in [0.717, 1.165) is 10.8 Å². The molecule has 0 bridgehead atoms. The number of azo groups is 1. The smallest absolute Gasteiger partial charge is 0.199 e. The summed E-state index contributed by atoms with van der Waals surface area (Å²) in [5.41, 5.74) is 1.14. The molecule has 3 rings (SSSR count). The van der Waals surface area contributed by atoms with Crippen molar-refractivity contribution >= 4 is 32.0 Å². The van der Waals surface area contributed by atoms with Crippen LogP contribution in [0.4, 0.5) is 11.4 Å². The summed E-state index contributed by atoms with van der Waals surface area (Å²) in [4.78, 5) is 0.159. The second-order valence-electron chi connectivity index (χ2n) is 5.05. The Morgan fingerprint density at radius 1 is 0.875 bits per heavy atom. The molecule has 0 aromatic heterocycles. The van der Waals surface area contributed by atoms with Gasteiger partial charge in [-0.3, -0.25) is 0 Å². The van der Waals surface area contributed by atoms with Crippen molar-refractivity contribution in [1.82, 2.24) is 0 Å². The lowest BCUT2D eigenvalue weighted by molar-refractivity contribution is 0.481. The molecule has 0 heterocycles. The van der Waals surface area contributed by atoms with E-state index in [1.54, 1.807) is 30.3 Å². The lowest BCUT2D eigenvalue weighted by Crippen LogP contribution is -1.94. The normalized spacial score (nSPS) is 11.8. The highest BCUT2D eigenvalue weighted by atomic mass is 32.2. The Morgan fingerprint density at radius 2 is 1.54 bits per heavy atom. The predicted octanol–water partition coefficient (Wildman–Crippen LogP) is 4.88. The van der Waals surface area contributed by atoms with Gasteiger partial charge in [-0.05, 0) is 36.4 Å². The molecule has 0 fully saturated rings. The van der Waals surface area contributed by atoms with Crippen LogP contribution in [0, 0.1) is 0 Å². The topological polar surface area (TPSA) is 79.1 Å². The number of benzene rings is 3. The molecule has 3 aromatic carbocycles. The van der Waals surface area contributed by atoms with Gasteiger partial charge in [0.1, 0.15) is 5.75 Å². The minimum Gasteiger partial charge on any atom is -0.507 e. The third-order valence-corrected chi connectivity index (χ3v) is 4.90. The van der Waals surface area contributed by atoms with E-state index in [1.807, 2.05) is 18.2 Å². The van der Waals surface area contributed by atoms with E-state index in [1.165, 1.54) is 12.1 Å². The van der Waals surface area contributed by atoms with Gasteiger partial charge in [-0.2, -0.15) is 5.11 Å². The van der Waals surface area contributed by atoms with Crippen molar-refractivity contribution in [2.45, 2.75) is 4.90 Å². The molecular formula is C18H14N2O3S. The fraction of sp³-hybridized carbons (Fsp3) is 0. The van der Waals surface area contributed by atoms with Crippen LogP contribution in [0.25, 0.3) is 10.8 Å². The van der Waals surface area contributed by atoms with Crippen molar-refractivity contribution < 1.29 is 13.5 Å². The molecule has 24 heavy (non-hydrogen) atoms. The third kappa shape index (κ3) is 3.04. The fourth-order valence-corrected chi connectivity index (χ4v) is 2.97. The molecule has 120 valence electrons. The average molecular weight is 338 g/mol. The van der Waals surface area contributed by atoms with E-state index in [-0.39, 0.29) is 10.6 Å². The van der Waals surface area contributed by atoms with Gasteiger partial charge in [0.05, 0.1) is 16.3 Å². The standard InChI is InChI=1S/C18H14N2O3S/c1-2-24(22,23)14-9-7-13(8-10-14)19-20-17-11-12-18(21)16-6-4-3-5-15(16)17/h2-12,21H,1H2. The molecule has 1 N–H and O–H groups in total. The monoisotopic (exact) mass is 338 g/mol. The number of hydrogen-bond acceptors (Lipinski definition) is 5. The zero-order valence-corrected chi connectivity index (χ0v) is 13.4. The first-order chi connectivity index (χ1) is 11.5. The number of sulfone groups is 1. The fourth-order valence-electron chi connectivity index (χ4n) is 2.26. The van der Waals surface area contributed by atoms with Gasteiger partial charge in [-0.25, -0.2) is 8.42 Å². The summed E-state index contributed by atoms with van der Waals surface area (Å²) in [6, 6.07) is 16.7. The van der Waals surface area contributed by atoms with Crippen LogP contribution in [0.15, 0.2) is 87.8 Å². The van der Waals surface area contributed by atoms with Gasteiger partial charge in [0.15, 0.2) is 9.84 Å². The second kappa shape index (κ2) is 6.25. The number of aromatic hydroxyl groups is 1. The molecule has 0 aliphatic carbocycles. The summed E-state index contributed by atoms with van der Waals surface area (Å²) < 4.78 is 23.3. The van der Waals surface area contributed by atoms with Gasteiger partial charge in [0.2, 0.25) is 0 Å². The highest BCUT2D eigenvalue weighted by Crippen LogP contribution is 2.33. The third-order valence-electron chi connectivity index (χ3n) is 3.54. The molecule has 0 aliphatic rings. The molecule has 0 atom stereocenters. The van der Waals surface area contributed by atoms with E-state index in [0.29, 0.717) is 16.8 Å². The van der Waals surface area contributed by atoms with Crippen LogP contribution in [0.2, 0.25) is 0 Å². The Hall–Kier alpha value is -2.99. The molecule has 0 spiro atoms. The Kier molecular flexibility index (Phi) is 4.14. The number of fused-ring (bicyclic) bond motifs is 1. The molecule has 5 nitrogen and oxygen atoms in total. The maximum atomic E-state index is 11.7. The van der Waals surface area contributed by atoms with Gasteiger partial charge in [0, 0.05) is 16.2 Å². The molecular weight excluding hydrogens is 324 g/mol. The van der Waals surface area contributed by atoms with Crippen molar-refractivity contribution in [1.29, 1.82) is 0 Å². The van der Waals surface area contributed by atoms with Gasteiger partial charge in [0.25, 0.3) is 0 Å². The highest BCUT2D eigenvalue weighted by molar-refractivity contribution is 7.94. The van der Waals surface area contributed by atoms with E-state index < -0.39 is 9.84 Å². The Labute approximate surface area is 139 Å². The Balaban J connectivity index is 1.95. The number of nitrogens with zero attached hydrogens (tertiary/aromatic N) is 2. The van der Waals surface area contributed by atoms with Gasteiger partial charge >= 0.3 is 0 Å². The van der Waals surface area contributed by atoms with Crippen LogP contribution in [0.1, 0.15) is 0 Å². The van der Waals surface area contributed by atoms with Gasteiger partial charge < -0.3 is 5.11 Å². The summed E-state index contributed by atoms with van der Waals surface area (Å²) in [5.74, 6) is 0.184. The Morgan fingerprint density at radius 3 is 2.21 bits per heavy atom. The van der Waals surface area contributed by atoms with E-state index in [4.69, 9.17) is 0 Å². The van der Waals surface area contributed by atoms with Crippen LogP contribution >= 0.6 is 0 Å². The minimum absolute atomic E-state index is 0.159. The van der Waals surface area contributed by atoms with Crippen molar-refractivity contribution in [3.63, 3.8) is 0 Å². The molecule has 0 saturated heterocycles. The number of phenols is 1. The first-order valence-corrected chi connectivity index (χ1v) is 8.66. The zero-order chi connectivity index (χ0) is 17.2. The molecule has 0 radical (unpaired) electrons. The summed E-state index contributed by atoms with van der Waals surface area (Å²) in [7, 11) is -3.45. The lowest BCUT2D eigenvalue weighted by atomic mass is 10.1. The average Bonchev–Trinajstić information content (AvgIpc) is 2.62. The van der Waals surface area contributed by atoms with Crippen LogP contribution in [-0.2, 0) is 9.84 Å². The summed E-state index contributed by atoms with van der Waals surface area (Å²) in [5, 5.41) is 20.6. The van der Waals surface area contributed by atoms with Crippen LogP contribution in [0.5, 0.6) is 5.75 Å². The van der Waals surface area contributed by atoms with Crippen molar-refractivity contribution in [2.75, 3.05) is 0 Å². The summed E-state index contributed by atoms with van der Waals surface area (Å²) in [6.45, 7) is 3.29. The SMILES string of the molecule is C=CS(=O)(=O)c1ccc(N=Nc2ccc(O)c3ccccc23)cc1. The predicted molar refractivity (Wildman–Crippen MR) is 93.6 cm³/mol. The largest absolute Gasteiger partial charge is 0.507 e. The molecule has 3 aromatic rings. The maximum Gasteiger partial charge on any atom is 0.199 e. The quantitative estimate of drug-likeness (QED) is 0.689. The van der Waals surface area contributed by atoms with Crippen molar-refractivity contribution in [3.05, 3.63) is 72.7 Å². The van der Waals surface area contributed by atoms with E-state index >= 15 is 0 Å². The molecule has 0 unspecified atom stereocenters. The molecule has 0 aliphatic heterocycles. The van der Waals surface area contributed by atoms with Crippen LogP contribution in [-0.4, -0.2) is 13.5 Å². The van der Waals surface area contributed by atoms with Gasteiger partial charge in [-0.15, -0.1) is 5.11 Å². The van der Waals surface area contributed by atoms with Crippen molar-refractivity contribution in [2.24, 2.45) is 10.2 Å². The van der Waals surface area contributed by atoms with Crippen LogP contribution in [0.3, 0.4) is 0 Å². The van der Waals surface area contributed by atoms with E-state index in [2.05, 4.69) is 16.8 Å². The summed E-state index contributed by atoms with van der Waals surface area (Å²) in [6.07, 6.45) is 0. The Bertz CT molecular complexity index is 1040. The first-order valence-electron chi connectivity index (χ1n) is 7.11. The first kappa shape index (κ1) is 15.9. The van der Waals surface area contributed by atoms with Gasteiger partial charge in [-0.1, -0.05) is 30.8 Å². The maximum absolute atomic E-state index is 11.7. The number of rotatable bonds is 4. The number of phenolic OH excluding ortho intramolecular Hbond substituents is 1. The second-order valence-corrected chi connectivity index (χ2v) is 6.95. The number of hydrogen-bond donors (Lipinski definition) is 1. The van der Waals surface area contributed by atoms with Crippen LogP contribution < -0.4 is 0 Å².